The Morgan fingerprint density at radius 2 is 2.26 bits per heavy atom. The smallest absolute Gasteiger partial charge is 0.250 e. The summed E-state index contributed by atoms with van der Waals surface area (Å²) in [6.45, 7) is 5.58. The van der Waals surface area contributed by atoms with Gasteiger partial charge >= 0.3 is 0 Å². The molecule has 19 heavy (non-hydrogen) atoms. The molecule has 0 saturated heterocycles. The summed E-state index contributed by atoms with van der Waals surface area (Å²) in [5, 5.41) is 2.85. The molecule has 0 fully saturated rings. The van der Waals surface area contributed by atoms with Crippen LogP contribution in [0.4, 0.5) is 0 Å². The van der Waals surface area contributed by atoms with Crippen LogP contribution >= 0.6 is 0 Å². The van der Waals surface area contributed by atoms with E-state index in [9.17, 15) is 4.79 Å². The lowest BCUT2D eigenvalue weighted by Crippen LogP contribution is -2.29. The maximum absolute atomic E-state index is 11.9. The summed E-state index contributed by atoms with van der Waals surface area (Å²) in [5.74, 6) is 1.51. The number of carbonyl (C=O) groups excluding carboxylic acids is 1. The first-order chi connectivity index (χ1) is 9.24. The second-order valence-electron chi connectivity index (χ2n) is 4.35. The van der Waals surface area contributed by atoms with Crippen LogP contribution in [-0.2, 0) is 4.79 Å². The standard InChI is InChI=1S/C15H19NO3/c1-3-7-16-15(17)12-8-11-9-13(18-4-2)5-6-14(11)19-10-12/h5-6,8-9H,3-4,7,10H2,1-2H3,(H,16,17). The molecule has 0 radical (unpaired) electrons. The van der Waals surface area contributed by atoms with Crippen molar-refractivity contribution in [2.24, 2.45) is 0 Å². The van der Waals surface area contributed by atoms with E-state index in [1.807, 2.05) is 38.1 Å². The molecule has 1 aliphatic rings. The summed E-state index contributed by atoms with van der Waals surface area (Å²) in [6, 6.07) is 5.64. The molecule has 4 heteroatoms. The molecule has 0 aromatic heterocycles. The fraction of sp³-hybridized carbons (Fsp3) is 0.400. The van der Waals surface area contributed by atoms with Gasteiger partial charge in [-0.1, -0.05) is 6.92 Å². The Hall–Kier alpha value is -1.97. The van der Waals surface area contributed by atoms with Crippen LogP contribution in [-0.4, -0.2) is 25.7 Å². The van der Waals surface area contributed by atoms with Crippen LogP contribution in [0.5, 0.6) is 11.5 Å². The van der Waals surface area contributed by atoms with Crippen LogP contribution in [0.1, 0.15) is 25.8 Å². The van der Waals surface area contributed by atoms with E-state index >= 15 is 0 Å². The number of ether oxygens (including phenoxy) is 2. The molecule has 0 atom stereocenters. The van der Waals surface area contributed by atoms with Crippen molar-refractivity contribution in [3.63, 3.8) is 0 Å². The maximum atomic E-state index is 11.9. The average molecular weight is 261 g/mol. The van der Waals surface area contributed by atoms with Gasteiger partial charge in [0.15, 0.2) is 0 Å². The van der Waals surface area contributed by atoms with E-state index < -0.39 is 0 Å². The first-order valence-corrected chi connectivity index (χ1v) is 6.63. The molecule has 0 unspecified atom stereocenters. The minimum Gasteiger partial charge on any atom is -0.494 e. The Morgan fingerprint density at radius 1 is 1.42 bits per heavy atom. The molecule has 0 bridgehead atoms. The Kier molecular flexibility index (Phi) is 4.44. The summed E-state index contributed by atoms with van der Waals surface area (Å²) in [7, 11) is 0. The largest absolute Gasteiger partial charge is 0.494 e. The zero-order chi connectivity index (χ0) is 13.7. The van der Waals surface area contributed by atoms with E-state index in [-0.39, 0.29) is 5.91 Å². The lowest BCUT2D eigenvalue weighted by Gasteiger charge is -2.18. The summed E-state index contributed by atoms with van der Waals surface area (Å²) >= 11 is 0. The third kappa shape index (κ3) is 3.28. The second-order valence-corrected chi connectivity index (χ2v) is 4.35. The number of hydrogen-bond donors (Lipinski definition) is 1. The summed E-state index contributed by atoms with van der Waals surface area (Å²) < 4.78 is 11.0. The molecule has 102 valence electrons. The molecule has 4 nitrogen and oxygen atoms in total. The van der Waals surface area contributed by atoms with E-state index in [2.05, 4.69) is 5.32 Å². The molecule has 1 amide bonds. The molecule has 1 aromatic rings. The zero-order valence-electron chi connectivity index (χ0n) is 11.4. The van der Waals surface area contributed by atoms with Crippen molar-refractivity contribution >= 4 is 12.0 Å². The van der Waals surface area contributed by atoms with E-state index in [1.54, 1.807) is 0 Å². The van der Waals surface area contributed by atoms with Gasteiger partial charge in [-0.15, -0.1) is 0 Å². The van der Waals surface area contributed by atoms with Gasteiger partial charge in [0.25, 0.3) is 5.91 Å². The van der Waals surface area contributed by atoms with Crippen LogP contribution in [0.25, 0.3) is 6.08 Å². The number of amides is 1. The predicted octanol–water partition coefficient (Wildman–Crippen LogP) is 2.39. The SMILES string of the molecule is CCCNC(=O)C1=Cc2cc(OCC)ccc2OC1. The number of carbonyl (C=O) groups is 1. The molecule has 1 aliphatic heterocycles. The highest BCUT2D eigenvalue weighted by Gasteiger charge is 2.17. The number of fused-ring (bicyclic) bond motifs is 1. The molecule has 1 N–H and O–H groups in total. The van der Waals surface area contributed by atoms with Crippen LogP contribution in [0.2, 0.25) is 0 Å². The lowest BCUT2D eigenvalue weighted by molar-refractivity contribution is -0.117. The highest BCUT2D eigenvalue weighted by atomic mass is 16.5. The van der Waals surface area contributed by atoms with Crippen molar-refractivity contribution in [3.8, 4) is 11.5 Å². The van der Waals surface area contributed by atoms with Crippen LogP contribution in [0, 0.1) is 0 Å². The predicted molar refractivity (Wildman–Crippen MR) is 74.4 cm³/mol. The normalized spacial score (nSPS) is 13.1. The van der Waals surface area contributed by atoms with E-state index in [0.717, 1.165) is 23.5 Å². The van der Waals surface area contributed by atoms with Crippen LogP contribution < -0.4 is 14.8 Å². The minimum atomic E-state index is -0.0608. The highest BCUT2D eigenvalue weighted by Crippen LogP contribution is 2.30. The van der Waals surface area contributed by atoms with Gasteiger partial charge in [-0.2, -0.15) is 0 Å². The first-order valence-electron chi connectivity index (χ1n) is 6.63. The minimum absolute atomic E-state index is 0.0608. The fourth-order valence-electron chi connectivity index (χ4n) is 1.90. The van der Waals surface area contributed by atoms with Crippen LogP contribution in [0.15, 0.2) is 23.8 Å². The molecule has 1 heterocycles. The lowest BCUT2D eigenvalue weighted by atomic mass is 10.1. The number of nitrogens with one attached hydrogen (secondary N) is 1. The van der Waals surface area contributed by atoms with Crippen molar-refractivity contribution < 1.29 is 14.3 Å². The third-order valence-corrected chi connectivity index (χ3v) is 2.83. The average Bonchev–Trinajstić information content (AvgIpc) is 2.44. The molecule has 2 rings (SSSR count). The summed E-state index contributed by atoms with van der Waals surface area (Å²) in [4.78, 5) is 11.9. The van der Waals surface area contributed by atoms with Gasteiger partial charge in [-0.25, -0.2) is 0 Å². The molecule has 0 saturated carbocycles. The summed E-state index contributed by atoms with van der Waals surface area (Å²) in [5.41, 5.74) is 1.54. The third-order valence-electron chi connectivity index (χ3n) is 2.83. The van der Waals surface area contributed by atoms with Gasteiger partial charge in [0, 0.05) is 12.1 Å². The van der Waals surface area contributed by atoms with Crippen LogP contribution in [0.3, 0.4) is 0 Å². The van der Waals surface area contributed by atoms with E-state index in [0.29, 0.717) is 25.3 Å². The van der Waals surface area contributed by atoms with Crippen molar-refractivity contribution in [3.05, 3.63) is 29.3 Å². The Balaban J connectivity index is 2.18. The van der Waals surface area contributed by atoms with Gasteiger partial charge < -0.3 is 14.8 Å². The van der Waals surface area contributed by atoms with Crippen molar-refractivity contribution in [1.29, 1.82) is 0 Å². The Labute approximate surface area is 113 Å². The Morgan fingerprint density at radius 3 is 3.00 bits per heavy atom. The van der Waals surface area contributed by atoms with E-state index in [4.69, 9.17) is 9.47 Å². The van der Waals surface area contributed by atoms with Gasteiger partial charge in [0.1, 0.15) is 18.1 Å². The van der Waals surface area contributed by atoms with Gasteiger partial charge in [0.05, 0.1) is 12.2 Å². The zero-order valence-corrected chi connectivity index (χ0v) is 11.4. The monoisotopic (exact) mass is 261 g/mol. The van der Waals surface area contributed by atoms with Gasteiger partial charge in [0.2, 0.25) is 0 Å². The van der Waals surface area contributed by atoms with Gasteiger partial charge in [-0.05, 0) is 37.6 Å². The quantitative estimate of drug-likeness (QED) is 0.885. The number of rotatable bonds is 5. The first kappa shape index (κ1) is 13.5. The maximum Gasteiger partial charge on any atom is 0.250 e. The topological polar surface area (TPSA) is 47.6 Å². The Bertz CT molecular complexity index is 494. The van der Waals surface area contributed by atoms with Crippen molar-refractivity contribution in [1.82, 2.24) is 5.32 Å². The van der Waals surface area contributed by atoms with E-state index in [1.165, 1.54) is 0 Å². The number of benzene rings is 1. The van der Waals surface area contributed by atoms with Crippen molar-refractivity contribution in [2.45, 2.75) is 20.3 Å². The molecule has 0 aliphatic carbocycles. The highest BCUT2D eigenvalue weighted by molar-refractivity contribution is 5.99. The van der Waals surface area contributed by atoms with Crippen molar-refractivity contribution in [2.75, 3.05) is 19.8 Å². The molecule has 0 spiro atoms. The van der Waals surface area contributed by atoms with Gasteiger partial charge in [-0.3, -0.25) is 4.79 Å². The summed E-state index contributed by atoms with van der Waals surface area (Å²) in [6.07, 6.45) is 2.79. The number of hydrogen-bond acceptors (Lipinski definition) is 3. The second kappa shape index (κ2) is 6.27. The molecular weight excluding hydrogens is 242 g/mol. The fourth-order valence-corrected chi connectivity index (χ4v) is 1.90. The molecular formula is C15H19NO3. The molecule has 1 aromatic carbocycles.